The maximum atomic E-state index is 3.52. The van der Waals surface area contributed by atoms with E-state index >= 15 is 0 Å². The first-order valence-corrected chi connectivity index (χ1v) is 7.75. The number of anilines is 1. The normalized spacial score (nSPS) is 18.5. The molecule has 0 aromatic heterocycles. The van der Waals surface area contributed by atoms with Crippen molar-refractivity contribution in [2.45, 2.75) is 45.1 Å². The lowest BCUT2D eigenvalue weighted by Crippen LogP contribution is -2.38. The van der Waals surface area contributed by atoms with E-state index < -0.39 is 0 Å². The SMILES string of the molecule is CC(CNc1ccccc1)N(C)CC1CCCCC1. The largest absolute Gasteiger partial charge is 0.383 e. The predicted octanol–water partition coefficient (Wildman–Crippen LogP) is 4.00. The molecule has 1 N–H and O–H groups in total. The van der Waals surface area contributed by atoms with Gasteiger partial charge in [-0.25, -0.2) is 0 Å². The van der Waals surface area contributed by atoms with E-state index in [-0.39, 0.29) is 0 Å². The zero-order chi connectivity index (χ0) is 13.5. The summed E-state index contributed by atoms with van der Waals surface area (Å²) in [7, 11) is 2.27. The Labute approximate surface area is 118 Å². The molecule has 0 aliphatic heterocycles. The van der Waals surface area contributed by atoms with Crippen LogP contribution in [0, 0.1) is 5.92 Å². The van der Waals surface area contributed by atoms with Gasteiger partial charge in [-0.15, -0.1) is 0 Å². The molecule has 1 aromatic rings. The van der Waals surface area contributed by atoms with E-state index in [1.807, 2.05) is 0 Å². The van der Waals surface area contributed by atoms with E-state index in [0.29, 0.717) is 6.04 Å². The molecule has 0 amide bonds. The molecule has 0 spiro atoms. The van der Waals surface area contributed by atoms with Crippen LogP contribution in [0.4, 0.5) is 5.69 Å². The van der Waals surface area contributed by atoms with E-state index in [2.05, 4.69) is 54.5 Å². The van der Waals surface area contributed by atoms with Crippen LogP contribution in [0.15, 0.2) is 30.3 Å². The first-order chi connectivity index (χ1) is 9.25. The summed E-state index contributed by atoms with van der Waals surface area (Å²) >= 11 is 0. The standard InChI is InChI=1S/C17H28N2/c1-15(13-18-17-11-7-4-8-12-17)19(2)14-16-9-5-3-6-10-16/h4,7-8,11-12,15-16,18H,3,5-6,9-10,13-14H2,1-2H3. The summed E-state index contributed by atoms with van der Waals surface area (Å²) in [4.78, 5) is 2.52. The quantitative estimate of drug-likeness (QED) is 0.831. The van der Waals surface area contributed by atoms with Crippen molar-refractivity contribution in [1.82, 2.24) is 4.90 Å². The minimum Gasteiger partial charge on any atom is -0.383 e. The lowest BCUT2D eigenvalue weighted by atomic mass is 9.89. The molecule has 2 nitrogen and oxygen atoms in total. The van der Waals surface area contributed by atoms with Gasteiger partial charge in [0.1, 0.15) is 0 Å². The molecule has 106 valence electrons. The first-order valence-electron chi connectivity index (χ1n) is 7.75. The molecule has 0 bridgehead atoms. The van der Waals surface area contributed by atoms with Crippen LogP contribution in [0.3, 0.4) is 0 Å². The minimum absolute atomic E-state index is 0.585. The monoisotopic (exact) mass is 260 g/mol. The van der Waals surface area contributed by atoms with Crippen LogP contribution in [0.25, 0.3) is 0 Å². The van der Waals surface area contributed by atoms with Gasteiger partial charge in [-0.3, -0.25) is 0 Å². The Morgan fingerprint density at radius 1 is 1.16 bits per heavy atom. The lowest BCUT2D eigenvalue weighted by molar-refractivity contribution is 0.196. The summed E-state index contributed by atoms with van der Waals surface area (Å²) in [5.74, 6) is 0.929. The van der Waals surface area contributed by atoms with E-state index in [0.717, 1.165) is 12.5 Å². The Hall–Kier alpha value is -1.02. The molecule has 19 heavy (non-hydrogen) atoms. The third kappa shape index (κ3) is 4.87. The van der Waals surface area contributed by atoms with Gasteiger partial charge in [-0.1, -0.05) is 37.5 Å². The third-order valence-corrected chi connectivity index (χ3v) is 4.40. The second kappa shape index (κ2) is 7.54. The van der Waals surface area contributed by atoms with Gasteiger partial charge in [0.25, 0.3) is 0 Å². The second-order valence-electron chi connectivity index (χ2n) is 6.04. The summed E-state index contributed by atoms with van der Waals surface area (Å²) in [5, 5.41) is 3.52. The van der Waals surface area contributed by atoms with E-state index in [9.17, 15) is 0 Å². The van der Waals surface area contributed by atoms with Crippen LogP contribution in [-0.2, 0) is 0 Å². The fourth-order valence-corrected chi connectivity index (χ4v) is 2.93. The summed E-state index contributed by atoms with van der Waals surface area (Å²) in [6.45, 7) is 4.60. The van der Waals surface area contributed by atoms with Crippen LogP contribution in [0.1, 0.15) is 39.0 Å². The Balaban J connectivity index is 1.71. The molecular formula is C17H28N2. The van der Waals surface area contributed by atoms with Gasteiger partial charge in [0.15, 0.2) is 0 Å². The average Bonchev–Trinajstić information content (AvgIpc) is 2.47. The summed E-state index contributed by atoms with van der Waals surface area (Å²) in [6.07, 6.45) is 7.20. The molecule has 0 saturated heterocycles. The van der Waals surface area contributed by atoms with Crippen molar-refractivity contribution in [2.24, 2.45) is 5.92 Å². The number of likely N-dealkylation sites (N-methyl/N-ethyl adjacent to an activating group) is 1. The molecule has 1 fully saturated rings. The minimum atomic E-state index is 0.585. The topological polar surface area (TPSA) is 15.3 Å². The van der Waals surface area contributed by atoms with E-state index in [1.165, 1.54) is 44.3 Å². The fraction of sp³-hybridized carbons (Fsp3) is 0.647. The Morgan fingerprint density at radius 2 is 1.84 bits per heavy atom. The smallest absolute Gasteiger partial charge is 0.0340 e. The van der Waals surface area contributed by atoms with Crippen molar-refractivity contribution in [2.75, 3.05) is 25.5 Å². The molecule has 2 rings (SSSR count). The number of hydrogen-bond acceptors (Lipinski definition) is 2. The highest BCUT2D eigenvalue weighted by Crippen LogP contribution is 2.24. The molecule has 1 aliphatic rings. The van der Waals surface area contributed by atoms with Crippen LogP contribution in [-0.4, -0.2) is 31.1 Å². The molecule has 1 saturated carbocycles. The van der Waals surface area contributed by atoms with Crippen molar-refractivity contribution >= 4 is 5.69 Å². The first kappa shape index (κ1) is 14.4. The van der Waals surface area contributed by atoms with Crippen LogP contribution >= 0.6 is 0 Å². The van der Waals surface area contributed by atoms with Gasteiger partial charge in [-0.05, 0) is 44.9 Å². The summed E-state index contributed by atoms with van der Waals surface area (Å²) in [5.41, 5.74) is 1.22. The number of hydrogen-bond donors (Lipinski definition) is 1. The molecule has 1 aliphatic carbocycles. The fourth-order valence-electron chi connectivity index (χ4n) is 2.93. The summed E-state index contributed by atoms with van der Waals surface area (Å²) < 4.78 is 0. The second-order valence-corrected chi connectivity index (χ2v) is 6.04. The Bertz CT molecular complexity index is 344. The molecule has 0 radical (unpaired) electrons. The Morgan fingerprint density at radius 3 is 2.53 bits per heavy atom. The highest BCUT2D eigenvalue weighted by atomic mass is 15.1. The predicted molar refractivity (Wildman–Crippen MR) is 83.6 cm³/mol. The molecule has 1 unspecified atom stereocenters. The zero-order valence-electron chi connectivity index (χ0n) is 12.4. The van der Waals surface area contributed by atoms with Gasteiger partial charge < -0.3 is 10.2 Å². The third-order valence-electron chi connectivity index (χ3n) is 4.40. The van der Waals surface area contributed by atoms with Gasteiger partial charge in [-0.2, -0.15) is 0 Å². The van der Waals surface area contributed by atoms with Crippen molar-refractivity contribution in [3.63, 3.8) is 0 Å². The van der Waals surface area contributed by atoms with Crippen molar-refractivity contribution in [3.05, 3.63) is 30.3 Å². The number of benzene rings is 1. The highest BCUT2D eigenvalue weighted by molar-refractivity contribution is 5.42. The number of rotatable bonds is 6. The maximum absolute atomic E-state index is 3.52. The van der Waals surface area contributed by atoms with Crippen LogP contribution in [0.2, 0.25) is 0 Å². The van der Waals surface area contributed by atoms with E-state index in [1.54, 1.807) is 0 Å². The number of nitrogens with zero attached hydrogens (tertiary/aromatic N) is 1. The maximum Gasteiger partial charge on any atom is 0.0340 e. The molecule has 1 atom stereocenters. The van der Waals surface area contributed by atoms with Crippen molar-refractivity contribution in [1.29, 1.82) is 0 Å². The van der Waals surface area contributed by atoms with Gasteiger partial charge in [0.05, 0.1) is 0 Å². The number of nitrogens with one attached hydrogen (secondary N) is 1. The molecule has 2 heteroatoms. The van der Waals surface area contributed by atoms with Gasteiger partial charge >= 0.3 is 0 Å². The molecule has 0 heterocycles. The average molecular weight is 260 g/mol. The summed E-state index contributed by atoms with van der Waals surface area (Å²) in [6, 6.07) is 11.1. The van der Waals surface area contributed by atoms with Crippen molar-refractivity contribution < 1.29 is 0 Å². The number of para-hydroxylation sites is 1. The van der Waals surface area contributed by atoms with Crippen LogP contribution in [0.5, 0.6) is 0 Å². The molecular weight excluding hydrogens is 232 g/mol. The van der Waals surface area contributed by atoms with Crippen LogP contribution < -0.4 is 5.32 Å². The van der Waals surface area contributed by atoms with Crippen molar-refractivity contribution in [3.8, 4) is 0 Å². The Kier molecular flexibility index (Phi) is 5.71. The lowest BCUT2D eigenvalue weighted by Gasteiger charge is -2.31. The van der Waals surface area contributed by atoms with Gasteiger partial charge in [0.2, 0.25) is 0 Å². The zero-order valence-corrected chi connectivity index (χ0v) is 12.4. The molecule has 1 aromatic carbocycles. The van der Waals surface area contributed by atoms with Gasteiger partial charge in [0, 0.05) is 24.8 Å². The highest BCUT2D eigenvalue weighted by Gasteiger charge is 2.17. The van der Waals surface area contributed by atoms with E-state index in [4.69, 9.17) is 0 Å².